The van der Waals surface area contributed by atoms with Crippen LogP contribution in [0.5, 0.6) is 5.75 Å². The van der Waals surface area contributed by atoms with Gasteiger partial charge in [0, 0.05) is 11.1 Å². The molecule has 0 aromatic heterocycles. The maximum Gasteiger partial charge on any atom is 0.363 e. The van der Waals surface area contributed by atoms with Crippen molar-refractivity contribution in [1.29, 1.82) is 0 Å². The molecule has 1 aliphatic rings. The number of hydrogen-bond donors (Lipinski definition) is 0. The highest BCUT2D eigenvalue weighted by Gasteiger charge is 2.24. The summed E-state index contributed by atoms with van der Waals surface area (Å²) in [5.74, 6) is 0.0804. The van der Waals surface area contributed by atoms with Gasteiger partial charge in [0.25, 0.3) is 0 Å². The van der Waals surface area contributed by atoms with E-state index < -0.39 is 5.97 Å². The van der Waals surface area contributed by atoms with E-state index in [-0.39, 0.29) is 24.0 Å². The molecule has 0 radical (unpaired) electrons. The first kappa shape index (κ1) is 21.3. The summed E-state index contributed by atoms with van der Waals surface area (Å²) in [5, 5.41) is 0. The molecule has 5 heteroatoms. The van der Waals surface area contributed by atoms with Crippen molar-refractivity contribution in [1.82, 2.24) is 0 Å². The lowest BCUT2D eigenvalue weighted by Gasteiger charge is -2.07. The number of carbonyl (C=O) groups excluding carboxylic acids is 1. The molecule has 34 heavy (non-hydrogen) atoms. The predicted octanol–water partition coefficient (Wildman–Crippen LogP) is 6.42. The molecule has 0 spiro atoms. The fraction of sp³-hybridized carbons (Fsp3) is 0.0345. The van der Waals surface area contributed by atoms with Crippen molar-refractivity contribution in [2.24, 2.45) is 4.99 Å². The standard InChI is InChI=1S/C29H20FNO3/c30-26-9-5-4-8-24(26)19-33-25-16-10-20(11-17-25)18-27-29(32)34-28(31-27)23-14-12-22(13-15-23)21-6-2-1-3-7-21/h1-18H,19H2/b27-18-. The monoisotopic (exact) mass is 449 g/mol. The molecule has 1 aliphatic heterocycles. The van der Waals surface area contributed by atoms with Crippen LogP contribution in [0.4, 0.5) is 4.39 Å². The van der Waals surface area contributed by atoms with Gasteiger partial charge in [0.15, 0.2) is 5.70 Å². The first-order valence-electron chi connectivity index (χ1n) is 10.8. The van der Waals surface area contributed by atoms with Gasteiger partial charge in [-0.25, -0.2) is 14.2 Å². The fourth-order valence-electron chi connectivity index (χ4n) is 3.56. The maximum absolute atomic E-state index is 13.7. The number of nitrogens with zero attached hydrogens (tertiary/aromatic N) is 1. The third-order valence-corrected chi connectivity index (χ3v) is 5.40. The summed E-state index contributed by atoms with van der Waals surface area (Å²) in [7, 11) is 0. The van der Waals surface area contributed by atoms with Crippen molar-refractivity contribution in [3.8, 4) is 16.9 Å². The molecule has 4 aromatic carbocycles. The molecular formula is C29H20FNO3. The Labute approximate surface area is 196 Å². The number of cyclic esters (lactones) is 1. The third-order valence-electron chi connectivity index (χ3n) is 5.40. The number of esters is 1. The van der Waals surface area contributed by atoms with Crippen LogP contribution in [0.3, 0.4) is 0 Å². The number of carbonyl (C=O) groups is 1. The van der Waals surface area contributed by atoms with Crippen LogP contribution in [0.25, 0.3) is 17.2 Å². The van der Waals surface area contributed by atoms with Crippen LogP contribution in [0, 0.1) is 5.82 Å². The summed E-state index contributed by atoms with van der Waals surface area (Å²) in [6.07, 6.45) is 1.66. The molecule has 0 saturated carbocycles. The number of ether oxygens (including phenoxy) is 2. The van der Waals surface area contributed by atoms with E-state index in [9.17, 15) is 9.18 Å². The molecule has 0 N–H and O–H groups in total. The Bertz CT molecular complexity index is 1380. The molecule has 166 valence electrons. The van der Waals surface area contributed by atoms with Gasteiger partial charge in [-0.2, -0.15) is 0 Å². The minimum Gasteiger partial charge on any atom is -0.489 e. The molecule has 0 amide bonds. The van der Waals surface area contributed by atoms with Crippen molar-refractivity contribution in [3.05, 3.63) is 131 Å². The van der Waals surface area contributed by atoms with Crippen LogP contribution >= 0.6 is 0 Å². The summed E-state index contributed by atoms with van der Waals surface area (Å²) in [4.78, 5) is 16.7. The lowest BCUT2D eigenvalue weighted by molar-refractivity contribution is -0.129. The van der Waals surface area contributed by atoms with Gasteiger partial charge in [-0.15, -0.1) is 0 Å². The number of aliphatic imine (C=N–C) groups is 1. The van der Waals surface area contributed by atoms with Crippen molar-refractivity contribution in [2.45, 2.75) is 6.61 Å². The zero-order valence-electron chi connectivity index (χ0n) is 18.1. The number of benzene rings is 4. The largest absolute Gasteiger partial charge is 0.489 e. The van der Waals surface area contributed by atoms with Crippen molar-refractivity contribution < 1.29 is 18.7 Å². The zero-order chi connectivity index (χ0) is 23.3. The topological polar surface area (TPSA) is 47.9 Å². The Morgan fingerprint density at radius 2 is 1.41 bits per heavy atom. The van der Waals surface area contributed by atoms with E-state index in [2.05, 4.69) is 4.99 Å². The van der Waals surface area contributed by atoms with Crippen LogP contribution in [0.15, 0.2) is 114 Å². The van der Waals surface area contributed by atoms with Gasteiger partial charge in [-0.1, -0.05) is 72.8 Å². The van der Waals surface area contributed by atoms with E-state index in [0.717, 1.165) is 22.3 Å². The fourth-order valence-corrected chi connectivity index (χ4v) is 3.56. The summed E-state index contributed by atoms with van der Waals surface area (Å²) in [6, 6.07) is 31.4. The highest BCUT2D eigenvalue weighted by Crippen LogP contribution is 2.24. The van der Waals surface area contributed by atoms with Crippen LogP contribution < -0.4 is 4.74 Å². The summed E-state index contributed by atoms with van der Waals surface area (Å²) >= 11 is 0. The summed E-state index contributed by atoms with van der Waals surface area (Å²) < 4.78 is 24.8. The molecule has 0 unspecified atom stereocenters. The molecule has 1 heterocycles. The Hall–Kier alpha value is -4.51. The average molecular weight is 449 g/mol. The quantitative estimate of drug-likeness (QED) is 0.252. The second-order valence-electron chi connectivity index (χ2n) is 7.73. The van der Waals surface area contributed by atoms with Crippen molar-refractivity contribution in [2.75, 3.05) is 0 Å². The highest BCUT2D eigenvalue weighted by molar-refractivity contribution is 6.13. The lowest BCUT2D eigenvalue weighted by Crippen LogP contribution is -2.05. The van der Waals surface area contributed by atoms with Gasteiger partial charge < -0.3 is 9.47 Å². The first-order valence-corrected chi connectivity index (χ1v) is 10.8. The minimum absolute atomic E-state index is 0.135. The van der Waals surface area contributed by atoms with Gasteiger partial charge in [0.2, 0.25) is 5.90 Å². The Kier molecular flexibility index (Phi) is 5.99. The Balaban J connectivity index is 1.28. The van der Waals surface area contributed by atoms with Gasteiger partial charge >= 0.3 is 5.97 Å². The van der Waals surface area contributed by atoms with E-state index in [1.165, 1.54) is 6.07 Å². The second-order valence-corrected chi connectivity index (χ2v) is 7.73. The molecule has 0 bridgehead atoms. The second kappa shape index (κ2) is 9.55. The van der Waals surface area contributed by atoms with Gasteiger partial charge in [-0.3, -0.25) is 0 Å². The normalized spacial score (nSPS) is 14.1. The Morgan fingerprint density at radius 3 is 2.15 bits per heavy atom. The van der Waals surface area contributed by atoms with E-state index in [4.69, 9.17) is 9.47 Å². The smallest absolute Gasteiger partial charge is 0.363 e. The number of halogens is 1. The van der Waals surface area contributed by atoms with Crippen LogP contribution in [-0.4, -0.2) is 11.9 Å². The lowest BCUT2D eigenvalue weighted by atomic mass is 10.0. The van der Waals surface area contributed by atoms with Gasteiger partial charge in [-0.05, 0) is 53.1 Å². The average Bonchev–Trinajstić information content (AvgIpc) is 3.25. The van der Waals surface area contributed by atoms with Gasteiger partial charge in [0.05, 0.1) is 0 Å². The van der Waals surface area contributed by atoms with E-state index in [1.54, 1.807) is 48.5 Å². The SMILES string of the molecule is O=C1OC(c2ccc(-c3ccccc3)cc2)=N/C1=C\c1ccc(OCc2ccccc2F)cc1. The predicted molar refractivity (Wildman–Crippen MR) is 130 cm³/mol. The van der Waals surface area contributed by atoms with Gasteiger partial charge in [0.1, 0.15) is 18.2 Å². The van der Waals surface area contributed by atoms with E-state index >= 15 is 0 Å². The molecule has 0 atom stereocenters. The minimum atomic E-state index is -0.498. The van der Waals surface area contributed by atoms with E-state index in [0.29, 0.717) is 11.3 Å². The van der Waals surface area contributed by atoms with E-state index in [1.807, 2.05) is 54.6 Å². The molecule has 0 fully saturated rings. The van der Waals surface area contributed by atoms with Crippen LogP contribution in [-0.2, 0) is 16.1 Å². The van der Waals surface area contributed by atoms with Crippen molar-refractivity contribution in [3.63, 3.8) is 0 Å². The molecule has 0 aliphatic carbocycles. The van der Waals surface area contributed by atoms with Crippen LogP contribution in [0.1, 0.15) is 16.7 Å². The zero-order valence-corrected chi connectivity index (χ0v) is 18.1. The molecule has 4 nitrogen and oxygen atoms in total. The maximum atomic E-state index is 13.7. The molecule has 4 aromatic rings. The number of hydrogen-bond acceptors (Lipinski definition) is 4. The third kappa shape index (κ3) is 4.79. The summed E-state index contributed by atoms with van der Waals surface area (Å²) in [5.41, 5.74) is 4.40. The molecule has 5 rings (SSSR count). The first-order chi connectivity index (χ1) is 16.7. The highest BCUT2D eigenvalue weighted by atomic mass is 19.1. The number of rotatable bonds is 6. The molecule has 0 saturated heterocycles. The molecular weight excluding hydrogens is 429 g/mol. The van der Waals surface area contributed by atoms with Crippen LogP contribution in [0.2, 0.25) is 0 Å². The van der Waals surface area contributed by atoms with Crippen molar-refractivity contribution >= 4 is 17.9 Å². The summed E-state index contributed by atoms with van der Waals surface area (Å²) in [6.45, 7) is 0.135. The Morgan fingerprint density at radius 1 is 0.765 bits per heavy atom.